The smallest absolute Gasteiger partial charge is 0.266 e. The molecule has 0 saturated heterocycles. The lowest BCUT2D eigenvalue weighted by atomic mass is 10.2. The Hall–Kier alpha value is -3.49. The molecule has 2 aromatic heterocycles. The van der Waals surface area contributed by atoms with Gasteiger partial charge in [0, 0.05) is 12.6 Å². The summed E-state index contributed by atoms with van der Waals surface area (Å²) in [6.45, 7) is 2.80. The molecule has 0 unspecified atom stereocenters. The summed E-state index contributed by atoms with van der Waals surface area (Å²) in [6.07, 6.45) is 2.87. The van der Waals surface area contributed by atoms with Gasteiger partial charge >= 0.3 is 0 Å². The molecule has 134 valence electrons. The molecule has 1 N–H and O–H groups in total. The van der Waals surface area contributed by atoms with Crippen LogP contribution < -0.4 is 15.6 Å². The van der Waals surface area contributed by atoms with Crippen molar-refractivity contribution in [2.75, 3.05) is 13.2 Å². The van der Waals surface area contributed by atoms with Crippen molar-refractivity contribution < 1.29 is 9.53 Å². The van der Waals surface area contributed by atoms with Crippen LogP contribution in [0.5, 0.6) is 5.75 Å². The Balaban J connectivity index is 1.66. The van der Waals surface area contributed by atoms with E-state index in [9.17, 15) is 9.59 Å². The molecule has 3 rings (SSSR count). The van der Waals surface area contributed by atoms with Gasteiger partial charge in [-0.05, 0) is 25.1 Å². The summed E-state index contributed by atoms with van der Waals surface area (Å²) >= 11 is 0. The maximum Gasteiger partial charge on any atom is 0.266 e. The Morgan fingerprint density at radius 3 is 2.85 bits per heavy atom. The van der Waals surface area contributed by atoms with E-state index in [-0.39, 0.29) is 24.6 Å². The zero-order chi connectivity index (χ0) is 18.4. The average Bonchev–Trinajstić information content (AvgIpc) is 3.18. The summed E-state index contributed by atoms with van der Waals surface area (Å²) in [5, 5.41) is 11.0. The third-order valence-corrected chi connectivity index (χ3v) is 3.55. The second kappa shape index (κ2) is 8.06. The van der Waals surface area contributed by atoms with Crippen LogP contribution in [0.25, 0.3) is 5.82 Å². The van der Waals surface area contributed by atoms with E-state index in [1.54, 1.807) is 30.3 Å². The lowest BCUT2D eigenvalue weighted by molar-refractivity contribution is 0.0948. The van der Waals surface area contributed by atoms with Crippen molar-refractivity contribution in [3.63, 3.8) is 0 Å². The molecule has 0 spiro atoms. The lowest BCUT2D eigenvalue weighted by Crippen LogP contribution is -2.32. The fourth-order valence-electron chi connectivity index (χ4n) is 2.35. The molecule has 9 nitrogen and oxygen atoms in total. The van der Waals surface area contributed by atoms with E-state index >= 15 is 0 Å². The van der Waals surface area contributed by atoms with E-state index in [0.29, 0.717) is 23.7 Å². The van der Waals surface area contributed by atoms with Gasteiger partial charge in [-0.2, -0.15) is 5.10 Å². The highest BCUT2D eigenvalue weighted by Gasteiger charge is 2.11. The zero-order valence-electron chi connectivity index (χ0n) is 14.2. The molecule has 0 saturated carbocycles. The maximum atomic E-state index is 12.3. The van der Waals surface area contributed by atoms with Crippen molar-refractivity contribution in [3.05, 3.63) is 65.0 Å². The number of ether oxygens (including phenoxy) is 1. The van der Waals surface area contributed by atoms with E-state index in [2.05, 4.69) is 20.5 Å². The van der Waals surface area contributed by atoms with Crippen molar-refractivity contribution >= 4 is 5.91 Å². The second-order valence-corrected chi connectivity index (χ2v) is 5.28. The Labute approximate surface area is 149 Å². The predicted molar refractivity (Wildman–Crippen MR) is 93.4 cm³/mol. The predicted octanol–water partition coefficient (Wildman–Crippen LogP) is 0.653. The summed E-state index contributed by atoms with van der Waals surface area (Å²) in [5.41, 5.74) is 0.184. The van der Waals surface area contributed by atoms with E-state index in [1.807, 2.05) is 6.92 Å². The number of amides is 1. The molecule has 0 aliphatic heterocycles. The van der Waals surface area contributed by atoms with Gasteiger partial charge in [-0.3, -0.25) is 9.59 Å². The van der Waals surface area contributed by atoms with E-state index in [4.69, 9.17) is 4.74 Å². The Morgan fingerprint density at radius 2 is 2.08 bits per heavy atom. The number of benzene rings is 1. The van der Waals surface area contributed by atoms with E-state index < -0.39 is 0 Å². The number of nitrogens with zero attached hydrogens (tertiary/aromatic N) is 5. The minimum absolute atomic E-state index is 0.226. The van der Waals surface area contributed by atoms with Gasteiger partial charge in [0.15, 0.2) is 5.82 Å². The summed E-state index contributed by atoms with van der Waals surface area (Å²) in [4.78, 5) is 28.1. The van der Waals surface area contributed by atoms with Crippen molar-refractivity contribution in [2.45, 2.75) is 13.5 Å². The fraction of sp³-hybridized carbons (Fsp3) is 0.235. The molecule has 0 aliphatic rings. The highest BCUT2D eigenvalue weighted by molar-refractivity contribution is 5.96. The molecule has 2 heterocycles. The Bertz CT molecular complexity index is 936. The number of carbonyl (C=O) groups excluding carboxylic acids is 1. The van der Waals surface area contributed by atoms with Gasteiger partial charge in [-0.25, -0.2) is 14.3 Å². The molecule has 1 aromatic carbocycles. The van der Waals surface area contributed by atoms with Gasteiger partial charge in [0.25, 0.3) is 11.5 Å². The first-order valence-corrected chi connectivity index (χ1v) is 8.12. The van der Waals surface area contributed by atoms with Crippen LogP contribution in [0.4, 0.5) is 0 Å². The molecule has 0 aliphatic carbocycles. The first kappa shape index (κ1) is 17.3. The zero-order valence-corrected chi connectivity index (χ0v) is 14.2. The monoisotopic (exact) mass is 354 g/mol. The summed E-state index contributed by atoms with van der Waals surface area (Å²) in [6, 6.07) is 9.97. The molecule has 0 fully saturated rings. The van der Waals surface area contributed by atoms with Crippen LogP contribution in [0.2, 0.25) is 0 Å². The van der Waals surface area contributed by atoms with Gasteiger partial charge in [0.2, 0.25) is 0 Å². The minimum atomic E-state index is -0.269. The SMILES string of the molecule is CCOc1ccccc1C(=O)NCCn1nc(-n2cncn2)ccc1=O. The fourth-order valence-corrected chi connectivity index (χ4v) is 2.35. The largest absolute Gasteiger partial charge is 0.493 e. The van der Waals surface area contributed by atoms with Crippen molar-refractivity contribution in [1.29, 1.82) is 0 Å². The van der Waals surface area contributed by atoms with Crippen LogP contribution in [0, 0.1) is 0 Å². The Kier molecular flexibility index (Phi) is 5.37. The number of aromatic nitrogens is 5. The second-order valence-electron chi connectivity index (χ2n) is 5.28. The van der Waals surface area contributed by atoms with E-state index in [0.717, 1.165) is 0 Å². The molecular weight excluding hydrogens is 336 g/mol. The number of nitrogens with one attached hydrogen (secondary N) is 1. The summed E-state index contributed by atoms with van der Waals surface area (Å²) in [7, 11) is 0. The number of carbonyl (C=O) groups is 1. The summed E-state index contributed by atoms with van der Waals surface area (Å²) in [5.74, 6) is 0.723. The number of hydrogen-bond acceptors (Lipinski definition) is 6. The summed E-state index contributed by atoms with van der Waals surface area (Å²) < 4.78 is 8.18. The molecule has 0 bridgehead atoms. The third-order valence-electron chi connectivity index (χ3n) is 3.55. The quantitative estimate of drug-likeness (QED) is 0.668. The number of rotatable bonds is 7. The minimum Gasteiger partial charge on any atom is -0.493 e. The van der Waals surface area contributed by atoms with Crippen molar-refractivity contribution in [1.82, 2.24) is 29.9 Å². The van der Waals surface area contributed by atoms with Gasteiger partial charge in [0.1, 0.15) is 18.4 Å². The Morgan fingerprint density at radius 1 is 1.23 bits per heavy atom. The molecule has 0 atom stereocenters. The average molecular weight is 354 g/mol. The first-order valence-electron chi connectivity index (χ1n) is 8.12. The molecular formula is C17H18N6O3. The third kappa shape index (κ3) is 3.94. The molecule has 1 amide bonds. The molecule has 3 aromatic rings. The molecule has 0 radical (unpaired) electrons. The van der Waals surface area contributed by atoms with Crippen LogP contribution in [-0.2, 0) is 6.54 Å². The molecule has 9 heteroatoms. The standard InChI is InChI=1S/C17H18N6O3/c1-2-26-14-6-4-3-5-13(14)17(25)19-9-10-22-16(24)8-7-15(21-22)23-12-18-11-20-23/h3-8,11-12H,2,9-10H2,1H3,(H,19,25). The maximum absolute atomic E-state index is 12.3. The van der Waals surface area contributed by atoms with Crippen LogP contribution in [0.15, 0.2) is 53.8 Å². The van der Waals surface area contributed by atoms with E-state index in [1.165, 1.54) is 28.1 Å². The van der Waals surface area contributed by atoms with Crippen molar-refractivity contribution in [2.24, 2.45) is 0 Å². The van der Waals surface area contributed by atoms with Crippen LogP contribution >= 0.6 is 0 Å². The molecule has 26 heavy (non-hydrogen) atoms. The van der Waals surface area contributed by atoms with Gasteiger partial charge in [0.05, 0.1) is 18.7 Å². The van der Waals surface area contributed by atoms with Crippen LogP contribution in [0.1, 0.15) is 17.3 Å². The van der Waals surface area contributed by atoms with Gasteiger partial charge in [-0.15, -0.1) is 5.10 Å². The van der Waals surface area contributed by atoms with Gasteiger partial charge in [-0.1, -0.05) is 12.1 Å². The highest BCUT2D eigenvalue weighted by atomic mass is 16.5. The first-order chi connectivity index (χ1) is 12.7. The van der Waals surface area contributed by atoms with Crippen LogP contribution in [-0.4, -0.2) is 43.6 Å². The highest BCUT2D eigenvalue weighted by Crippen LogP contribution is 2.17. The normalized spacial score (nSPS) is 10.5. The van der Waals surface area contributed by atoms with Gasteiger partial charge < -0.3 is 10.1 Å². The number of hydrogen-bond donors (Lipinski definition) is 1. The lowest BCUT2D eigenvalue weighted by Gasteiger charge is -2.11. The number of para-hydroxylation sites is 1. The topological polar surface area (TPSA) is 104 Å². The van der Waals surface area contributed by atoms with Crippen LogP contribution in [0.3, 0.4) is 0 Å². The van der Waals surface area contributed by atoms with Crippen molar-refractivity contribution in [3.8, 4) is 11.6 Å².